The Bertz CT molecular complexity index is 1150. The van der Waals surface area contributed by atoms with Crippen LogP contribution in [-0.4, -0.2) is 28.8 Å². The summed E-state index contributed by atoms with van der Waals surface area (Å²) in [4.78, 5) is 29.2. The van der Waals surface area contributed by atoms with E-state index in [1.165, 1.54) is 12.1 Å². The first-order chi connectivity index (χ1) is 17.4. The van der Waals surface area contributed by atoms with E-state index in [1.807, 2.05) is 56.3 Å². The first-order valence-corrected chi connectivity index (χ1v) is 12.8. The van der Waals surface area contributed by atoms with Gasteiger partial charge in [-0.3, -0.25) is 9.59 Å². The van der Waals surface area contributed by atoms with Gasteiger partial charge in [0.15, 0.2) is 0 Å². The molecule has 1 atom stereocenters. The van der Waals surface area contributed by atoms with Crippen LogP contribution in [0.5, 0.6) is 0 Å². The van der Waals surface area contributed by atoms with Gasteiger partial charge in [-0.2, -0.15) is 0 Å². The fourth-order valence-corrected chi connectivity index (χ4v) is 5.16. The molecule has 1 saturated carbocycles. The molecule has 0 radical (unpaired) electrons. The van der Waals surface area contributed by atoms with Crippen molar-refractivity contribution in [2.24, 2.45) is 0 Å². The number of aryl methyl sites for hydroxylation is 2. The quantitative estimate of drug-likeness (QED) is 0.423. The molecule has 0 saturated heterocycles. The fourth-order valence-electron chi connectivity index (χ4n) is 5.16. The summed E-state index contributed by atoms with van der Waals surface area (Å²) in [6.07, 6.45) is 4.78. The number of benzene rings is 3. The highest BCUT2D eigenvalue weighted by Gasteiger charge is 2.32. The van der Waals surface area contributed by atoms with Crippen LogP contribution < -0.4 is 5.32 Å². The molecule has 1 N–H and O–H groups in total. The monoisotopic (exact) mass is 486 g/mol. The summed E-state index contributed by atoms with van der Waals surface area (Å²) in [5.41, 5.74) is 4.91. The molecular weight excluding hydrogens is 451 g/mol. The van der Waals surface area contributed by atoms with Crippen LogP contribution in [0.1, 0.15) is 53.5 Å². The number of hydrogen-bond acceptors (Lipinski definition) is 2. The second kappa shape index (κ2) is 12.0. The minimum atomic E-state index is -0.670. The van der Waals surface area contributed by atoms with Crippen LogP contribution >= 0.6 is 0 Å². The molecule has 3 aromatic rings. The molecule has 1 fully saturated rings. The number of rotatable bonds is 9. The topological polar surface area (TPSA) is 49.4 Å². The lowest BCUT2D eigenvalue weighted by Gasteiger charge is -2.32. The van der Waals surface area contributed by atoms with Crippen molar-refractivity contribution in [2.75, 3.05) is 0 Å². The summed E-state index contributed by atoms with van der Waals surface area (Å²) in [5, 5.41) is 3.22. The van der Waals surface area contributed by atoms with Crippen molar-refractivity contribution in [3.8, 4) is 0 Å². The molecule has 0 spiro atoms. The standard InChI is InChI=1S/C31H35FN2O2/c1-22-16-23(2)18-26(17-22)20-30(35)34(21-25-12-14-27(32)15-13-25)29(19-24-8-4-3-5-9-24)31(36)33-28-10-6-7-11-28/h3-5,8-9,12-18,28-29H,6-7,10-11,19-21H2,1-2H3,(H,33,36)/t29-/m1/s1. The molecular formula is C31H35FN2O2. The van der Waals surface area contributed by atoms with Crippen molar-refractivity contribution in [1.82, 2.24) is 10.2 Å². The van der Waals surface area contributed by atoms with Gasteiger partial charge in [-0.25, -0.2) is 4.39 Å². The van der Waals surface area contributed by atoms with Crippen LogP contribution in [0.25, 0.3) is 0 Å². The van der Waals surface area contributed by atoms with Crippen LogP contribution in [-0.2, 0) is 29.0 Å². The molecule has 4 rings (SSSR count). The Morgan fingerprint density at radius 1 is 0.889 bits per heavy atom. The largest absolute Gasteiger partial charge is 0.352 e. The average molecular weight is 487 g/mol. The smallest absolute Gasteiger partial charge is 0.243 e. The van der Waals surface area contributed by atoms with E-state index in [1.54, 1.807) is 17.0 Å². The number of carbonyl (C=O) groups excluding carboxylic acids is 2. The molecule has 0 aliphatic heterocycles. The SMILES string of the molecule is Cc1cc(C)cc(CC(=O)N(Cc2ccc(F)cc2)[C@H](Cc2ccccc2)C(=O)NC2CCCC2)c1. The van der Waals surface area contributed by atoms with Crippen molar-refractivity contribution >= 4 is 11.8 Å². The van der Waals surface area contributed by atoms with Gasteiger partial charge >= 0.3 is 0 Å². The Balaban J connectivity index is 1.66. The lowest BCUT2D eigenvalue weighted by atomic mass is 10.00. The molecule has 2 amide bonds. The molecule has 1 aliphatic rings. The minimum absolute atomic E-state index is 0.119. The maximum absolute atomic E-state index is 13.9. The molecule has 1 aliphatic carbocycles. The van der Waals surface area contributed by atoms with Gasteiger partial charge in [0.2, 0.25) is 11.8 Å². The van der Waals surface area contributed by atoms with E-state index >= 15 is 0 Å². The van der Waals surface area contributed by atoms with E-state index in [0.717, 1.165) is 53.5 Å². The predicted molar refractivity (Wildman–Crippen MR) is 141 cm³/mol. The third kappa shape index (κ3) is 7.03. The van der Waals surface area contributed by atoms with Crippen LogP contribution in [0, 0.1) is 19.7 Å². The van der Waals surface area contributed by atoms with E-state index in [0.29, 0.717) is 6.42 Å². The number of amides is 2. The van der Waals surface area contributed by atoms with E-state index in [9.17, 15) is 14.0 Å². The van der Waals surface area contributed by atoms with E-state index in [4.69, 9.17) is 0 Å². The summed E-state index contributed by atoms with van der Waals surface area (Å²) in [6, 6.07) is 21.6. The van der Waals surface area contributed by atoms with Gasteiger partial charge in [0.25, 0.3) is 0 Å². The van der Waals surface area contributed by atoms with Crippen LogP contribution in [0.15, 0.2) is 72.8 Å². The summed E-state index contributed by atoms with van der Waals surface area (Å²) in [5.74, 6) is -0.569. The second-order valence-corrected chi connectivity index (χ2v) is 10.0. The Kier molecular flexibility index (Phi) is 8.52. The van der Waals surface area contributed by atoms with Crippen molar-refractivity contribution in [3.63, 3.8) is 0 Å². The van der Waals surface area contributed by atoms with Gasteiger partial charge in [0.05, 0.1) is 6.42 Å². The first kappa shape index (κ1) is 25.6. The highest BCUT2D eigenvalue weighted by atomic mass is 19.1. The summed E-state index contributed by atoms with van der Waals surface area (Å²) >= 11 is 0. The van der Waals surface area contributed by atoms with Crippen LogP contribution in [0.3, 0.4) is 0 Å². The normalized spacial score (nSPS) is 14.4. The number of nitrogens with one attached hydrogen (secondary N) is 1. The van der Waals surface area contributed by atoms with Crippen molar-refractivity contribution in [1.29, 1.82) is 0 Å². The van der Waals surface area contributed by atoms with Gasteiger partial charge in [0.1, 0.15) is 11.9 Å². The molecule has 0 heterocycles. The van der Waals surface area contributed by atoms with E-state index < -0.39 is 6.04 Å². The lowest BCUT2D eigenvalue weighted by Crippen LogP contribution is -2.52. The van der Waals surface area contributed by atoms with E-state index in [2.05, 4.69) is 11.4 Å². The average Bonchev–Trinajstić information content (AvgIpc) is 3.35. The van der Waals surface area contributed by atoms with Gasteiger partial charge in [-0.15, -0.1) is 0 Å². The Hall–Kier alpha value is -3.47. The maximum atomic E-state index is 13.9. The first-order valence-electron chi connectivity index (χ1n) is 12.8. The predicted octanol–water partition coefficient (Wildman–Crippen LogP) is 5.68. The van der Waals surface area contributed by atoms with Gasteiger partial charge in [0, 0.05) is 19.0 Å². The second-order valence-electron chi connectivity index (χ2n) is 10.0. The zero-order valence-electron chi connectivity index (χ0n) is 21.2. The lowest BCUT2D eigenvalue weighted by molar-refractivity contribution is -0.141. The third-order valence-electron chi connectivity index (χ3n) is 6.88. The molecule has 5 heteroatoms. The zero-order chi connectivity index (χ0) is 25.5. The van der Waals surface area contributed by atoms with E-state index in [-0.39, 0.29) is 36.6 Å². The molecule has 36 heavy (non-hydrogen) atoms. The van der Waals surface area contributed by atoms with Crippen molar-refractivity contribution < 1.29 is 14.0 Å². The zero-order valence-corrected chi connectivity index (χ0v) is 21.2. The Morgan fingerprint density at radius 2 is 1.53 bits per heavy atom. The Morgan fingerprint density at radius 3 is 2.17 bits per heavy atom. The molecule has 0 aromatic heterocycles. The summed E-state index contributed by atoms with van der Waals surface area (Å²) in [7, 11) is 0. The highest BCUT2D eigenvalue weighted by Crippen LogP contribution is 2.21. The molecule has 3 aromatic carbocycles. The third-order valence-corrected chi connectivity index (χ3v) is 6.88. The molecule has 0 unspecified atom stereocenters. The van der Waals surface area contributed by atoms with Gasteiger partial charge in [-0.1, -0.05) is 84.6 Å². The molecule has 188 valence electrons. The van der Waals surface area contributed by atoms with Crippen molar-refractivity contribution in [3.05, 3.63) is 106 Å². The highest BCUT2D eigenvalue weighted by molar-refractivity contribution is 5.89. The van der Waals surface area contributed by atoms with Gasteiger partial charge < -0.3 is 10.2 Å². The van der Waals surface area contributed by atoms with Crippen LogP contribution in [0.2, 0.25) is 0 Å². The maximum Gasteiger partial charge on any atom is 0.243 e. The summed E-state index contributed by atoms with van der Waals surface area (Å²) in [6.45, 7) is 4.27. The number of hydrogen-bond donors (Lipinski definition) is 1. The fraction of sp³-hybridized carbons (Fsp3) is 0.355. The number of carbonyl (C=O) groups is 2. The number of nitrogens with zero attached hydrogens (tertiary/aromatic N) is 1. The van der Waals surface area contributed by atoms with Crippen molar-refractivity contribution in [2.45, 2.75) is 71.0 Å². The van der Waals surface area contributed by atoms with Crippen LogP contribution in [0.4, 0.5) is 4.39 Å². The number of halogens is 1. The molecule has 4 nitrogen and oxygen atoms in total. The minimum Gasteiger partial charge on any atom is -0.352 e. The van der Waals surface area contributed by atoms with Gasteiger partial charge in [-0.05, 0) is 55.5 Å². The summed E-state index contributed by atoms with van der Waals surface area (Å²) < 4.78 is 13.6. The molecule has 0 bridgehead atoms. The Labute approximate surface area is 213 Å².